The number of amides is 4. The van der Waals surface area contributed by atoms with Gasteiger partial charge in [0.25, 0.3) is 11.8 Å². The number of carbonyl (C=O) groups excluding carboxylic acids is 3. The fraction of sp³-hybridized carbons (Fsp3) is 0.0800. The Bertz CT molecular complexity index is 1170. The third-order valence-corrected chi connectivity index (χ3v) is 4.98. The lowest BCUT2D eigenvalue weighted by atomic mass is 10.1. The monoisotopic (exact) mass is 427 g/mol. The van der Waals surface area contributed by atoms with E-state index in [4.69, 9.17) is 4.74 Å². The van der Waals surface area contributed by atoms with Crippen LogP contribution in [-0.2, 0) is 11.3 Å². The summed E-state index contributed by atoms with van der Waals surface area (Å²) in [7, 11) is 1.58. The standard InChI is InChI=1S/C25H21N3O4/c1-32-21-13-9-17(10-14-21)15-22-24(30)28(25(31)27-22)16-18-7-11-19(12-8-18)23(29)26-20-5-3-2-4-6-20/h2-15H,16H2,1H3,(H,26,29)(H,27,31). The topological polar surface area (TPSA) is 87.7 Å². The summed E-state index contributed by atoms with van der Waals surface area (Å²) in [5.74, 6) is 0.0654. The van der Waals surface area contributed by atoms with Crippen molar-refractivity contribution in [3.05, 3.63) is 101 Å². The predicted octanol–water partition coefficient (Wildman–Crippen LogP) is 4.04. The molecule has 1 fully saturated rings. The molecule has 7 heteroatoms. The Hall–Kier alpha value is -4.39. The van der Waals surface area contributed by atoms with Gasteiger partial charge in [-0.05, 0) is 53.6 Å². The first kappa shape index (κ1) is 20.9. The normalized spacial score (nSPS) is 14.4. The second-order valence-corrected chi connectivity index (χ2v) is 7.17. The number of para-hydroxylation sites is 1. The average molecular weight is 427 g/mol. The van der Waals surface area contributed by atoms with Crippen molar-refractivity contribution in [2.24, 2.45) is 0 Å². The Morgan fingerprint density at radius 1 is 0.969 bits per heavy atom. The Kier molecular flexibility index (Phi) is 5.98. The maximum Gasteiger partial charge on any atom is 0.329 e. The van der Waals surface area contributed by atoms with Crippen LogP contribution >= 0.6 is 0 Å². The van der Waals surface area contributed by atoms with Crippen molar-refractivity contribution >= 4 is 29.6 Å². The quantitative estimate of drug-likeness (QED) is 0.459. The number of nitrogens with zero attached hydrogens (tertiary/aromatic N) is 1. The van der Waals surface area contributed by atoms with Crippen LogP contribution in [0.4, 0.5) is 10.5 Å². The number of nitrogens with one attached hydrogen (secondary N) is 2. The molecule has 3 aromatic carbocycles. The Morgan fingerprint density at radius 2 is 1.66 bits per heavy atom. The fourth-order valence-corrected chi connectivity index (χ4v) is 3.25. The van der Waals surface area contributed by atoms with Crippen LogP contribution in [0.15, 0.2) is 84.6 Å². The SMILES string of the molecule is COc1ccc(C=C2NC(=O)N(Cc3ccc(C(=O)Nc4ccccc4)cc3)C2=O)cc1. The molecule has 160 valence electrons. The minimum atomic E-state index is -0.486. The van der Waals surface area contributed by atoms with Gasteiger partial charge in [-0.25, -0.2) is 4.79 Å². The number of benzene rings is 3. The van der Waals surface area contributed by atoms with Crippen LogP contribution in [0, 0.1) is 0 Å². The van der Waals surface area contributed by atoms with Crippen LogP contribution in [0.5, 0.6) is 5.75 Å². The molecule has 0 unspecified atom stereocenters. The highest BCUT2D eigenvalue weighted by atomic mass is 16.5. The largest absolute Gasteiger partial charge is 0.497 e. The summed E-state index contributed by atoms with van der Waals surface area (Å²) in [6, 6.07) is 22.6. The molecule has 1 heterocycles. The molecule has 0 aromatic heterocycles. The van der Waals surface area contributed by atoms with Crippen molar-refractivity contribution in [1.29, 1.82) is 0 Å². The number of carbonyl (C=O) groups is 3. The zero-order chi connectivity index (χ0) is 22.5. The molecule has 0 spiro atoms. The molecule has 32 heavy (non-hydrogen) atoms. The molecule has 0 saturated carbocycles. The molecule has 7 nitrogen and oxygen atoms in total. The molecule has 0 aliphatic carbocycles. The summed E-state index contributed by atoms with van der Waals surface area (Å²) < 4.78 is 5.12. The van der Waals surface area contributed by atoms with E-state index in [2.05, 4.69) is 10.6 Å². The molecule has 2 N–H and O–H groups in total. The van der Waals surface area contributed by atoms with E-state index >= 15 is 0 Å². The molecule has 4 rings (SSSR count). The van der Waals surface area contributed by atoms with E-state index < -0.39 is 11.9 Å². The van der Waals surface area contributed by atoms with Crippen molar-refractivity contribution in [2.45, 2.75) is 6.54 Å². The second-order valence-electron chi connectivity index (χ2n) is 7.17. The third-order valence-electron chi connectivity index (χ3n) is 4.98. The van der Waals surface area contributed by atoms with Gasteiger partial charge in [0.15, 0.2) is 0 Å². The molecule has 3 aromatic rings. The average Bonchev–Trinajstić information content (AvgIpc) is 3.08. The van der Waals surface area contributed by atoms with E-state index in [1.54, 1.807) is 73.8 Å². The summed E-state index contributed by atoms with van der Waals surface area (Å²) in [5.41, 5.74) is 2.89. The van der Waals surface area contributed by atoms with Crippen molar-refractivity contribution in [3.63, 3.8) is 0 Å². The van der Waals surface area contributed by atoms with Crippen molar-refractivity contribution in [1.82, 2.24) is 10.2 Å². The first-order valence-electron chi connectivity index (χ1n) is 9.97. The fourth-order valence-electron chi connectivity index (χ4n) is 3.25. The van der Waals surface area contributed by atoms with Gasteiger partial charge in [0, 0.05) is 11.3 Å². The maximum absolute atomic E-state index is 12.7. The molecule has 0 bridgehead atoms. The van der Waals surface area contributed by atoms with E-state index in [0.29, 0.717) is 17.0 Å². The van der Waals surface area contributed by atoms with Crippen molar-refractivity contribution < 1.29 is 19.1 Å². The highest BCUT2D eigenvalue weighted by molar-refractivity contribution is 6.13. The van der Waals surface area contributed by atoms with Crippen LogP contribution in [0.25, 0.3) is 6.08 Å². The zero-order valence-electron chi connectivity index (χ0n) is 17.4. The molecular weight excluding hydrogens is 406 g/mol. The predicted molar refractivity (Wildman–Crippen MR) is 121 cm³/mol. The van der Waals surface area contributed by atoms with Gasteiger partial charge in [-0.3, -0.25) is 14.5 Å². The van der Waals surface area contributed by atoms with Gasteiger partial charge in [0.1, 0.15) is 11.4 Å². The molecular formula is C25H21N3O4. The number of imide groups is 1. The summed E-state index contributed by atoms with van der Waals surface area (Å²) >= 11 is 0. The van der Waals surface area contributed by atoms with Crippen molar-refractivity contribution in [3.8, 4) is 5.75 Å². The van der Waals surface area contributed by atoms with Gasteiger partial charge in [-0.2, -0.15) is 0 Å². The van der Waals surface area contributed by atoms with Crippen LogP contribution < -0.4 is 15.4 Å². The number of methoxy groups -OCH3 is 1. The summed E-state index contributed by atoms with van der Waals surface area (Å²) in [5, 5.41) is 5.43. The summed E-state index contributed by atoms with van der Waals surface area (Å²) in [6.07, 6.45) is 1.62. The molecule has 1 aliphatic rings. The van der Waals surface area contributed by atoms with Crippen molar-refractivity contribution in [2.75, 3.05) is 12.4 Å². The van der Waals surface area contributed by atoms with Gasteiger partial charge in [0.05, 0.1) is 13.7 Å². The number of urea groups is 1. The zero-order valence-corrected chi connectivity index (χ0v) is 17.4. The lowest BCUT2D eigenvalue weighted by Gasteiger charge is -2.12. The highest BCUT2D eigenvalue weighted by Gasteiger charge is 2.33. The van der Waals surface area contributed by atoms with Gasteiger partial charge < -0.3 is 15.4 Å². The van der Waals surface area contributed by atoms with Gasteiger partial charge in [0.2, 0.25) is 0 Å². The van der Waals surface area contributed by atoms with E-state index in [0.717, 1.165) is 16.0 Å². The van der Waals surface area contributed by atoms with Crippen LogP contribution in [0.1, 0.15) is 21.5 Å². The van der Waals surface area contributed by atoms with E-state index in [1.165, 1.54) is 0 Å². The van der Waals surface area contributed by atoms with Crippen LogP contribution in [0.3, 0.4) is 0 Å². The highest BCUT2D eigenvalue weighted by Crippen LogP contribution is 2.19. The van der Waals surface area contributed by atoms with Gasteiger partial charge in [-0.15, -0.1) is 0 Å². The number of hydrogen-bond acceptors (Lipinski definition) is 4. The number of rotatable bonds is 6. The van der Waals surface area contributed by atoms with Gasteiger partial charge >= 0.3 is 6.03 Å². The summed E-state index contributed by atoms with van der Waals surface area (Å²) in [6.45, 7) is 0.102. The van der Waals surface area contributed by atoms with E-state index in [-0.39, 0.29) is 18.1 Å². The lowest BCUT2D eigenvalue weighted by molar-refractivity contribution is -0.123. The first-order chi connectivity index (χ1) is 15.5. The molecule has 4 amide bonds. The van der Waals surface area contributed by atoms with Gasteiger partial charge in [-0.1, -0.05) is 42.5 Å². The number of ether oxygens (including phenoxy) is 1. The van der Waals surface area contributed by atoms with E-state index in [1.807, 2.05) is 18.2 Å². The molecule has 0 radical (unpaired) electrons. The van der Waals surface area contributed by atoms with E-state index in [9.17, 15) is 14.4 Å². The smallest absolute Gasteiger partial charge is 0.329 e. The minimum Gasteiger partial charge on any atom is -0.497 e. The molecule has 1 saturated heterocycles. The maximum atomic E-state index is 12.7. The second kappa shape index (κ2) is 9.18. The third kappa shape index (κ3) is 4.67. The molecule has 1 aliphatic heterocycles. The summed E-state index contributed by atoms with van der Waals surface area (Å²) in [4.78, 5) is 38.6. The first-order valence-corrected chi connectivity index (χ1v) is 9.97. The minimum absolute atomic E-state index is 0.102. The Balaban J connectivity index is 1.42. The lowest BCUT2D eigenvalue weighted by Crippen LogP contribution is -2.30. The van der Waals surface area contributed by atoms with Crippen LogP contribution in [-0.4, -0.2) is 29.9 Å². The van der Waals surface area contributed by atoms with Crippen LogP contribution in [0.2, 0.25) is 0 Å². The Morgan fingerprint density at radius 3 is 2.31 bits per heavy atom. The number of anilines is 1. The number of hydrogen-bond donors (Lipinski definition) is 2. The molecule has 0 atom stereocenters. The Labute approximate surface area is 185 Å².